The van der Waals surface area contributed by atoms with Crippen LogP contribution in [0.5, 0.6) is 5.75 Å². The fourth-order valence-corrected chi connectivity index (χ4v) is 4.41. The highest BCUT2D eigenvalue weighted by atomic mass is 35.5. The van der Waals surface area contributed by atoms with Crippen LogP contribution in [0.2, 0.25) is 5.02 Å². The molecule has 2 heterocycles. The van der Waals surface area contributed by atoms with Crippen molar-refractivity contribution in [1.82, 2.24) is 4.90 Å². The molecular weight excluding hydrogens is 364 g/mol. The molecule has 1 atom stereocenters. The second-order valence-electron chi connectivity index (χ2n) is 6.85. The van der Waals surface area contributed by atoms with Crippen molar-refractivity contribution in [2.75, 3.05) is 30.2 Å². The van der Waals surface area contributed by atoms with Gasteiger partial charge in [0, 0.05) is 31.1 Å². The fourth-order valence-electron chi connectivity index (χ4n) is 3.30. The molecule has 0 radical (unpaired) electrons. The van der Waals surface area contributed by atoms with E-state index in [1.54, 1.807) is 18.2 Å². The number of likely N-dealkylation sites (tertiary alicyclic amines) is 1. The van der Waals surface area contributed by atoms with E-state index in [1.807, 2.05) is 4.90 Å². The summed E-state index contributed by atoms with van der Waals surface area (Å²) < 4.78 is 31.5. The molecular formula is C17H23ClN2O4S. The van der Waals surface area contributed by atoms with Gasteiger partial charge < -0.3 is 9.64 Å². The largest absolute Gasteiger partial charge is 0.478 e. The first kappa shape index (κ1) is 18.3. The van der Waals surface area contributed by atoms with Crippen LogP contribution in [0.1, 0.15) is 26.2 Å². The summed E-state index contributed by atoms with van der Waals surface area (Å²) in [6.45, 7) is 3.83. The maximum Gasteiger partial charge on any atom is 0.263 e. The zero-order chi connectivity index (χ0) is 18.2. The molecule has 0 aliphatic carbocycles. The average Bonchev–Trinajstić information content (AvgIpc) is 2.73. The molecule has 0 bridgehead atoms. The van der Waals surface area contributed by atoms with Crippen molar-refractivity contribution in [3.05, 3.63) is 23.2 Å². The molecule has 138 valence electrons. The second kappa shape index (κ2) is 7.03. The van der Waals surface area contributed by atoms with Crippen LogP contribution in [0.4, 0.5) is 5.69 Å². The number of nitrogens with zero attached hydrogens (tertiary/aromatic N) is 2. The highest BCUT2D eigenvalue weighted by Crippen LogP contribution is 2.36. The molecule has 1 amide bonds. The van der Waals surface area contributed by atoms with Gasteiger partial charge in [-0.25, -0.2) is 8.42 Å². The van der Waals surface area contributed by atoms with Gasteiger partial charge in [-0.1, -0.05) is 18.5 Å². The molecule has 1 saturated heterocycles. The number of fused-ring (bicyclic) bond motifs is 1. The van der Waals surface area contributed by atoms with E-state index < -0.39 is 16.1 Å². The zero-order valence-electron chi connectivity index (χ0n) is 14.4. The Bertz CT molecular complexity index is 760. The zero-order valence-corrected chi connectivity index (χ0v) is 16.0. The minimum atomic E-state index is -3.49. The van der Waals surface area contributed by atoms with E-state index in [0.29, 0.717) is 28.8 Å². The summed E-state index contributed by atoms with van der Waals surface area (Å²) in [5.41, 5.74) is 0.387. The topological polar surface area (TPSA) is 66.9 Å². The van der Waals surface area contributed by atoms with E-state index >= 15 is 0 Å². The quantitative estimate of drug-likeness (QED) is 0.783. The molecule has 1 fully saturated rings. The van der Waals surface area contributed by atoms with Gasteiger partial charge in [0.1, 0.15) is 5.75 Å². The fraction of sp³-hybridized carbons (Fsp3) is 0.588. The van der Waals surface area contributed by atoms with Gasteiger partial charge in [0.25, 0.3) is 5.91 Å². The summed E-state index contributed by atoms with van der Waals surface area (Å²) in [6, 6.07) is 4.82. The Morgan fingerprint density at radius 3 is 2.52 bits per heavy atom. The van der Waals surface area contributed by atoms with Crippen LogP contribution in [-0.4, -0.2) is 51.2 Å². The van der Waals surface area contributed by atoms with Crippen molar-refractivity contribution in [1.29, 1.82) is 0 Å². The first-order valence-electron chi connectivity index (χ1n) is 8.48. The van der Waals surface area contributed by atoms with Gasteiger partial charge in [0.05, 0.1) is 11.9 Å². The molecule has 0 unspecified atom stereocenters. The van der Waals surface area contributed by atoms with Crippen molar-refractivity contribution in [2.45, 2.75) is 32.3 Å². The number of benzene rings is 1. The Morgan fingerprint density at radius 1 is 1.20 bits per heavy atom. The molecule has 0 spiro atoms. The minimum Gasteiger partial charge on any atom is -0.478 e. The van der Waals surface area contributed by atoms with E-state index in [1.165, 1.54) is 4.31 Å². The Hall–Kier alpha value is -1.47. The monoisotopic (exact) mass is 386 g/mol. The van der Waals surface area contributed by atoms with Crippen LogP contribution in [0, 0.1) is 5.92 Å². The Morgan fingerprint density at radius 2 is 1.88 bits per heavy atom. The number of amides is 1. The van der Waals surface area contributed by atoms with Crippen molar-refractivity contribution >= 4 is 33.2 Å². The van der Waals surface area contributed by atoms with Crippen LogP contribution in [0.3, 0.4) is 0 Å². The Kier molecular flexibility index (Phi) is 5.16. The Labute approximate surface area is 153 Å². The predicted octanol–water partition coefficient (Wildman–Crippen LogP) is 2.52. The highest BCUT2D eigenvalue weighted by Gasteiger charge is 2.34. The third-order valence-electron chi connectivity index (χ3n) is 4.82. The van der Waals surface area contributed by atoms with Gasteiger partial charge >= 0.3 is 0 Å². The van der Waals surface area contributed by atoms with Gasteiger partial charge in [0.2, 0.25) is 10.0 Å². The third kappa shape index (κ3) is 4.03. The number of ether oxygens (including phenoxy) is 1. The molecule has 6 nitrogen and oxygen atoms in total. The standard InChI is InChI=1S/C17H23ClN2O4S/c1-12-5-8-19(9-6-12)17(21)16-7-10-20(25(2,22)23)14-11-13(18)3-4-15(14)24-16/h3-4,11-12,16H,5-10H2,1-2H3/t16-/m1/s1. The predicted molar refractivity (Wildman–Crippen MR) is 97.7 cm³/mol. The molecule has 3 rings (SSSR count). The number of rotatable bonds is 2. The number of carbonyl (C=O) groups excluding carboxylic acids is 1. The summed E-state index contributed by atoms with van der Waals surface area (Å²) in [7, 11) is -3.49. The van der Waals surface area contributed by atoms with Crippen LogP contribution in [0.15, 0.2) is 18.2 Å². The molecule has 0 aromatic heterocycles. The van der Waals surface area contributed by atoms with E-state index in [4.69, 9.17) is 16.3 Å². The normalized spacial score (nSPS) is 22.1. The maximum absolute atomic E-state index is 12.9. The number of anilines is 1. The number of piperidine rings is 1. The van der Waals surface area contributed by atoms with Crippen LogP contribution >= 0.6 is 11.6 Å². The molecule has 0 saturated carbocycles. The van der Waals surface area contributed by atoms with E-state index in [0.717, 1.165) is 32.2 Å². The molecule has 1 aromatic carbocycles. The summed E-state index contributed by atoms with van der Waals surface area (Å²) in [4.78, 5) is 14.7. The van der Waals surface area contributed by atoms with E-state index in [9.17, 15) is 13.2 Å². The molecule has 2 aliphatic rings. The maximum atomic E-state index is 12.9. The lowest BCUT2D eigenvalue weighted by Crippen LogP contribution is -2.46. The van der Waals surface area contributed by atoms with Crippen LogP contribution < -0.4 is 9.04 Å². The van der Waals surface area contributed by atoms with Gasteiger partial charge in [-0.3, -0.25) is 9.10 Å². The number of carbonyl (C=O) groups is 1. The second-order valence-corrected chi connectivity index (χ2v) is 9.19. The third-order valence-corrected chi connectivity index (χ3v) is 6.24. The SMILES string of the molecule is CC1CCN(C(=O)[C@H]2CCN(S(C)(=O)=O)c3cc(Cl)ccc3O2)CC1. The summed E-state index contributed by atoms with van der Waals surface area (Å²) >= 11 is 6.03. The first-order chi connectivity index (χ1) is 11.8. The lowest BCUT2D eigenvalue weighted by Gasteiger charge is -2.32. The number of sulfonamides is 1. The van der Waals surface area contributed by atoms with Crippen molar-refractivity contribution in [3.63, 3.8) is 0 Å². The van der Waals surface area contributed by atoms with E-state index in [-0.39, 0.29) is 12.5 Å². The van der Waals surface area contributed by atoms with Gasteiger partial charge in [-0.05, 0) is 37.0 Å². The smallest absolute Gasteiger partial charge is 0.263 e. The number of halogens is 1. The minimum absolute atomic E-state index is 0.0665. The Balaban J connectivity index is 1.86. The van der Waals surface area contributed by atoms with Gasteiger partial charge in [-0.2, -0.15) is 0 Å². The molecule has 1 aromatic rings. The molecule has 0 N–H and O–H groups in total. The van der Waals surface area contributed by atoms with E-state index in [2.05, 4.69) is 6.92 Å². The van der Waals surface area contributed by atoms with Crippen LogP contribution in [0.25, 0.3) is 0 Å². The lowest BCUT2D eigenvalue weighted by atomic mass is 9.98. The number of hydrogen-bond acceptors (Lipinski definition) is 4. The molecule has 8 heteroatoms. The van der Waals surface area contributed by atoms with Gasteiger partial charge in [-0.15, -0.1) is 0 Å². The average molecular weight is 387 g/mol. The summed E-state index contributed by atoms with van der Waals surface area (Å²) in [6.07, 6.45) is 2.75. The van der Waals surface area contributed by atoms with Crippen molar-refractivity contribution in [2.24, 2.45) is 5.92 Å². The van der Waals surface area contributed by atoms with Crippen molar-refractivity contribution < 1.29 is 17.9 Å². The highest BCUT2D eigenvalue weighted by molar-refractivity contribution is 7.92. The summed E-state index contributed by atoms with van der Waals surface area (Å²) in [5.74, 6) is 0.932. The molecule has 25 heavy (non-hydrogen) atoms. The molecule has 2 aliphatic heterocycles. The summed E-state index contributed by atoms with van der Waals surface area (Å²) in [5, 5.41) is 0.422. The first-order valence-corrected chi connectivity index (χ1v) is 10.7. The van der Waals surface area contributed by atoms with Crippen molar-refractivity contribution in [3.8, 4) is 5.75 Å². The number of hydrogen-bond donors (Lipinski definition) is 0. The lowest BCUT2D eigenvalue weighted by molar-refractivity contribution is -0.140. The van der Waals surface area contributed by atoms with Gasteiger partial charge in [0.15, 0.2) is 6.10 Å². The van der Waals surface area contributed by atoms with Crippen LogP contribution in [-0.2, 0) is 14.8 Å².